The van der Waals surface area contributed by atoms with Gasteiger partial charge in [-0.3, -0.25) is 10.1 Å². The van der Waals surface area contributed by atoms with Crippen LogP contribution in [0.25, 0.3) is 0 Å². The van der Waals surface area contributed by atoms with Crippen LogP contribution in [0.5, 0.6) is 0 Å². The summed E-state index contributed by atoms with van der Waals surface area (Å²) in [6, 6.07) is -1.03. The Morgan fingerprint density at radius 3 is 1.96 bits per heavy atom. The number of alkyl carbamates (subject to hydrolysis) is 1. The van der Waals surface area contributed by atoms with E-state index in [0.29, 0.717) is 6.61 Å². The summed E-state index contributed by atoms with van der Waals surface area (Å²) < 4.78 is 15.6. The molecule has 9 heteroatoms. The van der Waals surface area contributed by atoms with E-state index in [0.717, 1.165) is 0 Å². The van der Waals surface area contributed by atoms with Gasteiger partial charge >= 0.3 is 12.1 Å². The summed E-state index contributed by atoms with van der Waals surface area (Å²) in [6.07, 6.45) is -2.22. The van der Waals surface area contributed by atoms with Gasteiger partial charge < -0.3 is 25.3 Å². The average molecular weight is 389 g/mol. The molecule has 0 unspecified atom stereocenters. The van der Waals surface area contributed by atoms with E-state index in [-0.39, 0.29) is 25.0 Å². The molecule has 0 fully saturated rings. The Morgan fingerprint density at radius 1 is 0.926 bits per heavy atom. The van der Waals surface area contributed by atoms with Gasteiger partial charge in [-0.25, -0.2) is 9.59 Å². The summed E-state index contributed by atoms with van der Waals surface area (Å²) in [4.78, 5) is 36.2. The van der Waals surface area contributed by atoms with Gasteiger partial charge in [0, 0.05) is 6.61 Å². The van der Waals surface area contributed by atoms with E-state index >= 15 is 0 Å². The van der Waals surface area contributed by atoms with E-state index < -0.39 is 35.8 Å². The zero-order chi connectivity index (χ0) is 21.2. The topological polar surface area (TPSA) is 129 Å². The molecule has 0 saturated carbocycles. The Balaban J connectivity index is 4.77. The molecule has 0 bridgehead atoms. The van der Waals surface area contributed by atoms with Crippen LogP contribution in [-0.2, 0) is 23.8 Å². The smallest absolute Gasteiger partial charge is 0.409 e. The summed E-state index contributed by atoms with van der Waals surface area (Å²) >= 11 is 0. The van der Waals surface area contributed by atoms with Crippen LogP contribution in [0, 0.1) is 11.8 Å². The Morgan fingerprint density at radius 2 is 1.48 bits per heavy atom. The number of carbonyl (C=O) groups is 3. The van der Waals surface area contributed by atoms with Gasteiger partial charge in [0.25, 0.3) is 5.91 Å². The number of nitrogens with one attached hydrogen (secondary N) is 2. The highest BCUT2D eigenvalue weighted by molar-refractivity contribution is 5.89. The van der Waals surface area contributed by atoms with Gasteiger partial charge in [0.2, 0.25) is 0 Å². The lowest BCUT2D eigenvalue weighted by Gasteiger charge is -2.23. The monoisotopic (exact) mass is 389 g/mol. The molecule has 0 aliphatic rings. The van der Waals surface area contributed by atoms with E-state index in [1.165, 1.54) is 0 Å². The zero-order valence-corrected chi connectivity index (χ0v) is 17.5. The molecule has 2 amide bonds. The lowest BCUT2D eigenvalue weighted by atomic mass is 10.2. The number of carbonyl (C=O) groups excluding carboxylic acids is 3. The van der Waals surface area contributed by atoms with E-state index in [4.69, 9.17) is 19.9 Å². The Labute approximate surface area is 161 Å². The molecule has 0 rings (SSSR count). The predicted molar refractivity (Wildman–Crippen MR) is 101 cm³/mol. The molecule has 4 N–H and O–H groups in total. The lowest BCUT2D eigenvalue weighted by Crippen LogP contribution is -2.57. The van der Waals surface area contributed by atoms with Crippen LogP contribution in [0.2, 0.25) is 0 Å². The second kappa shape index (κ2) is 11.8. The van der Waals surface area contributed by atoms with Crippen LogP contribution >= 0.6 is 0 Å². The van der Waals surface area contributed by atoms with Gasteiger partial charge in [-0.15, -0.1) is 0 Å². The first-order valence-corrected chi connectivity index (χ1v) is 9.11. The summed E-state index contributed by atoms with van der Waals surface area (Å²) in [5.74, 6) is -0.951. The second-order valence-electron chi connectivity index (χ2n) is 8.14. The highest BCUT2D eigenvalue weighted by atomic mass is 16.6. The van der Waals surface area contributed by atoms with Crippen LogP contribution in [0.1, 0.15) is 48.5 Å². The number of ether oxygens (including phenoxy) is 3. The fourth-order valence-corrected chi connectivity index (χ4v) is 1.70. The van der Waals surface area contributed by atoms with Gasteiger partial charge in [-0.2, -0.15) is 0 Å². The van der Waals surface area contributed by atoms with Crippen molar-refractivity contribution in [1.29, 1.82) is 0 Å². The first kappa shape index (κ1) is 25.1. The van der Waals surface area contributed by atoms with Crippen LogP contribution in [-0.4, -0.2) is 55.6 Å². The third-order valence-corrected chi connectivity index (χ3v) is 2.85. The number of hydrogen-bond acceptors (Lipinski definition) is 7. The van der Waals surface area contributed by atoms with Gasteiger partial charge in [-0.1, -0.05) is 27.7 Å². The zero-order valence-electron chi connectivity index (χ0n) is 17.5. The maximum Gasteiger partial charge on any atom is 0.409 e. The number of nitrogens with two attached hydrogens (primary N) is 1. The fraction of sp³-hybridized carbons (Fsp3) is 0.833. The van der Waals surface area contributed by atoms with Crippen LogP contribution in [0.4, 0.5) is 4.79 Å². The van der Waals surface area contributed by atoms with E-state index in [1.807, 2.05) is 27.7 Å². The molecule has 0 aromatic carbocycles. The van der Waals surface area contributed by atoms with Crippen molar-refractivity contribution >= 4 is 18.0 Å². The Kier molecular flexibility index (Phi) is 10.9. The fourth-order valence-electron chi connectivity index (χ4n) is 1.70. The van der Waals surface area contributed by atoms with Gasteiger partial charge in [0.1, 0.15) is 5.60 Å². The van der Waals surface area contributed by atoms with Crippen molar-refractivity contribution in [2.75, 3.05) is 19.8 Å². The third kappa shape index (κ3) is 13.0. The van der Waals surface area contributed by atoms with Crippen molar-refractivity contribution < 1.29 is 28.6 Å². The van der Waals surface area contributed by atoms with Crippen LogP contribution < -0.4 is 16.4 Å². The normalized spacial score (nSPS) is 13.9. The van der Waals surface area contributed by atoms with Crippen molar-refractivity contribution in [3.8, 4) is 0 Å². The third-order valence-electron chi connectivity index (χ3n) is 2.85. The largest absolute Gasteiger partial charge is 0.464 e. The van der Waals surface area contributed by atoms with E-state index in [1.54, 1.807) is 20.8 Å². The molecule has 0 saturated heterocycles. The predicted octanol–water partition coefficient (Wildman–Crippen LogP) is 1.15. The molecule has 9 nitrogen and oxygen atoms in total. The Bertz CT molecular complexity index is 488. The molecule has 0 heterocycles. The van der Waals surface area contributed by atoms with Gasteiger partial charge in [0.15, 0.2) is 12.2 Å². The molecule has 158 valence electrons. The van der Waals surface area contributed by atoms with Crippen molar-refractivity contribution in [1.82, 2.24) is 10.6 Å². The highest BCUT2D eigenvalue weighted by Crippen LogP contribution is 2.06. The Hall–Kier alpha value is -1.87. The quantitative estimate of drug-likeness (QED) is 0.377. The van der Waals surface area contributed by atoms with Crippen LogP contribution in [0.3, 0.4) is 0 Å². The molecule has 0 radical (unpaired) electrons. The molecular formula is C18H35N3O6. The molecule has 0 aromatic heterocycles. The molecule has 0 aliphatic carbocycles. The molecule has 0 aromatic rings. The van der Waals surface area contributed by atoms with E-state index in [9.17, 15) is 14.4 Å². The summed E-state index contributed by atoms with van der Waals surface area (Å²) in [7, 11) is 0. The number of esters is 1. The van der Waals surface area contributed by atoms with Crippen molar-refractivity contribution in [2.24, 2.45) is 17.6 Å². The molecule has 2 atom stereocenters. The number of amides is 2. The first-order chi connectivity index (χ1) is 12.3. The average Bonchev–Trinajstić information content (AvgIpc) is 2.48. The lowest BCUT2D eigenvalue weighted by molar-refractivity contribution is -0.151. The minimum Gasteiger partial charge on any atom is -0.464 e. The van der Waals surface area contributed by atoms with Crippen molar-refractivity contribution in [3.05, 3.63) is 0 Å². The van der Waals surface area contributed by atoms with Crippen molar-refractivity contribution in [2.45, 2.75) is 66.3 Å². The minimum absolute atomic E-state index is 0.0555. The highest BCUT2D eigenvalue weighted by Gasteiger charge is 2.27. The van der Waals surface area contributed by atoms with Crippen LogP contribution in [0.15, 0.2) is 0 Å². The second-order valence-corrected chi connectivity index (χ2v) is 8.14. The first-order valence-electron chi connectivity index (χ1n) is 9.11. The van der Waals surface area contributed by atoms with E-state index in [2.05, 4.69) is 10.6 Å². The minimum atomic E-state index is -1.38. The molecule has 0 aliphatic heterocycles. The standard InChI is InChI=1S/C18H35N3O6/c1-11(2)8-25-10-13(16(23)26-9-12(3)4)20-15(22)14(19)21-17(24)27-18(5,6)7/h11-14H,8-10,19H2,1-7H3,(H,20,22)(H,21,24)/t13-,14+/m0/s1. The van der Waals surface area contributed by atoms with Crippen molar-refractivity contribution in [3.63, 3.8) is 0 Å². The summed E-state index contributed by atoms with van der Waals surface area (Å²) in [5.41, 5.74) is 4.94. The molecule has 27 heavy (non-hydrogen) atoms. The van der Waals surface area contributed by atoms with Gasteiger partial charge in [-0.05, 0) is 32.6 Å². The molecular weight excluding hydrogens is 354 g/mol. The maximum atomic E-state index is 12.2. The number of rotatable bonds is 10. The summed E-state index contributed by atoms with van der Waals surface area (Å²) in [5, 5.41) is 4.67. The molecule has 0 spiro atoms. The summed E-state index contributed by atoms with van der Waals surface area (Å²) in [6.45, 7) is 13.4. The number of hydrogen-bond donors (Lipinski definition) is 3. The maximum absolute atomic E-state index is 12.2. The SMILES string of the molecule is CC(C)COC[C@H](NC(=O)[C@H](N)NC(=O)OC(C)(C)C)C(=O)OCC(C)C. The van der Waals surface area contributed by atoms with Gasteiger partial charge in [0.05, 0.1) is 13.2 Å².